The quantitative estimate of drug-likeness (QED) is 0.155. The smallest absolute Gasteiger partial charge is 0.255 e. The highest BCUT2D eigenvalue weighted by atomic mass is 32.2. The van der Waals surface area contributed by atoms with Gasteiger partial charge in [0, 0.05) is 19.6 Å². The van der Waals surface area contributed by atoms with Gasteiger partial charge < -0.3 is 14.7 Å². The highest BCUT2D eigenvalue weighted by Gasteiger charge is 2.47. The lowest BCUT2D eigenvalue weighted by Crippen LogP contribution is -2.37. The summed E-state index contributed by atoms with van der Waals surface area (Å²) < 4.78 is 35.1. The van der Waals surface area contributed by atoms with Crippen molar-refractivity contribution < 1.29 is 32.6 Å². The second kappa shape index (κ2) is 15.0. The van der Waals surface area contributed by atoms with Gasteiger partial charge in [0.05, 0.1) is 28.0 Å². The topological polar surface area (TPSA) is 133 Å². The first-order chi connectivity index (χ1) is 23.7. The minimum Gasteiger partial charge on any atom is -0.491 e. The maximum Gasteiger partial charge on any atom is 0.255 e. The summed E-state index contributed by atoms with van der Waals surface area (Å²) in [4.78, 5) is 42.3. The summed E-state index contributed by atoms with van der Waals surface area (Å²) >= 11 is 0. The third kappa shape index (κ3) is 7.80. The molecule has 4 aromatic carbocycles. The number of hydrogen-bond donors (Lipinski definition) is 2. The molecular weight excluding hydrogens is 642 g/mol. The van der Waals surface area contributed by atoms with Crippen LogP contribution in [0.4, 0.5) is 5.69 Å². The molecular formula is C38H37N3O7S. The number of benzene rings is 4. The zero-order chi connectivity index (χ0) is 34.4. The van der Waals surface area contributed by atoms with Crippen molar-refractivity contribution in [1.29, 1.82) is 0 Å². The van der Waals surface area contributed by atoms with Crippen molar-refractivity contribution in [3.05, 3.63) is 138 Å². The lowest BCUT2D eigenvalue weighted by atomic mass is 9.85. The number of amides is 3. The molecule has 3 atom stereocenters. The lowest BCUT2D eigenvalue weighted by Gasteiger charge is -2.24. The molecule has 6 rings (SSSR count). The normalized spacial score (nSPS) is 17.9. The molecule has 0 radical (unpaired) electrons. The Morgan fingerprint density at radius 3 is 1.90 bits per heavy atom. The highest BCUT2D eigenvalue weighted by molar-refractivity contribution is 7.89. The first-order valence-electron chi connectivity index (χ1n) is 16.1. The molecule has 2 aliphatic rings. The van der Waals surface area contributed by atoms with Crippen LogP contribution in [-0.2, 0) is 32.7 Å². The number of hydrogen-bond acceptors (Lipinski definition) is 7. The van der Waals surface area contributed by atoms with E-state index in [1.165, 1.54) is 17.0 Å². The zero-order valence-electron chi connectivity index (χ0n) is 26.7. The van der Waals surface area contributed by atoms with Crippen molar-refractivity contribution in [1.82, 2.24) is 9.62 Å². The van der Waals surface area contributed by atoms with Crippen molar-refractivity contribution in [2.75, 3.05) is 18.1 Å². The summed E-state index contributed by atoms with van der Waals surface area (Å²) in [6, 6.07) is 31.3. The molecule has 1 aliphatic heterocycles. The Balaban J connectivity index is 1.08. The number of ether oxygens (including phenoxy) is 1. The van der Waals surface area contributed by atoms with Gasteiger partial charge in [-0.2, -0.15) is 0 Å². The van der Waals surface area contributed by atoms with Crippen LogP contribution in [0.2, 0.25) is 0 Å². The fraction of sp³-hybridized carbons (Fsp3) is 0.237. The van der Waals surface area contributed by atoms with Crippen LogP contribution in [0, 0.1) is 11.8 Å². The van der Waals surface area contributed by atoms with Crippen LogP contribution in [-0.4, -0.2) is 55.4 Å². The van der Waals surface area contributed by atoms with E-state index in [0.29, 0.717) is 24.3 Å². The number of anilines is 1. The van der Waals surface area contributed by atoms with Crippen molar-refractivity contribution in [3.8, 4) is 5.75 Å². The Morgan fingerprint density at radius 1 is 0.796 bits per heavy atom. The van der Waals surface area contributed by atoms with Gasteiger partial charge in [-0.3, -0.25) is 19.3 Å². The summed E-state index contributed by atoms with van der Waals surface area (Å²) in [5, 5.41) is 10.6. The second-order valence-corrected chi connectivity index (χ2v) is 13.8. The number of aliphatic hydroxyl groups is 1. The Bertz CT molecular complexity index is 1870. The second-order valence-electron chi connectivity index (χ2n) is 12.1. The number of allylic oxidation sites excluding steroid dienone is 2. The molecule has 0 saturated carbocycles. The van der Waals surface area contributed by atoms with Gasteiger partial charge in [-0.1, -0.05) is 84.9 Å². The minimum absolute atomic E-state index is 0.0122. The largest absolute Gasteiger partial charge is 0.491 e. The van der Waals surface area contributed by atoms with E-state index in [4.69, 9.17) is 4.74 Å². The summed E-state index contributed by atoms with van der Waals surface area (Å²) in [6.07, 6.45) is 3.76. The van der Waals surface area contributed by atoms with Crippen molar-refractivity contribution >= 4 is 33.4 Å². The molecule has 1 aliphatic carbocycles. The SMILES string of the molecule is O=C(c1ccccc1S(=O)(=O)NCC(O)COc1ccc(N2C(=O)C3CC=CCC3C2=O)cc1)N(Cc1ccccc1)Cc1ccccc1. The minimum atomic E-state index is -4.21. The van der Waals surface area contributed by atoms with Gasteiger partial charge in [0.2, 0.25) is 21.8 Å². The third-order valence-electron chi connectivity index (χ3n) is 8.68. The molecule has 11 heteroatoms. The molecule has 1 saturated heterocycles. The Labute approximate surface area is 285 Å². The molecule has 10 nitrogen and oxygen atoms in total. The molecule has 3 unspecified atom stereocenters. The first-order valence-corrected chi connectivity index (χ1v) is 17.6. The Morgan fingerprint density at radius 2 is 1.33 bits per heavy atom. The van der Waals surface area contributed by atoms with Crippen molar-refractivity contribution in [2.24, 2.45) is 11.8 Å². The van der Waals surface area contributed by atoms with Gasteiger partial charge in [-0.05, 0) is 60.4 Å². The van der Waals surface area contributed by atoms with Crippen LogP contribution in [0.1, 0.15) is 34.3 Å². The standard InChI is InChI=1S/C38H37N3O7S/c42-30(26-48-31-21-19-29(20-22-31)41-37(44)32-15-7-8-16-33(32)38(41)45)23-39-49(46,47)35-18-10-9-17-34(35)36(43)40(24-27-11-3-1-4-12-27)25-28-13-5-2-6-14-28/h1-14,17-22,30,32-33,39,42H,15-16,23-26H2. The van der Waals surface area contributed by atoms with E-state index in [9.17, 15) is 27.9 Å². The number of aliphatic hydroxyl groups excluding tert-OH is 1. The van der Waals surface area contributed by atoms with Crippen LogP contribution in [0.5, 0.6) is 5.75 Å². The lowest BCUT2D eigenvalue weighted by molar-refractivity contribution is -0.122. The average molecular weight is 680 g/mol. The maximum absolute atomic E-state index is 13.9. The Kier molecular flexibility index (Phi) is 10.3. The molecule has 0 bridgehead atoms. The number of nitrogens with one attached hydrogen (secondary N) is 1. The monoisotopic (exact) mass is 679 g/mol. The molecule has 0 aromatic heterocycles. The number of carbonyl (C=O) groups excluding carboxylic acids is 3. The van der Waals surface area contributed by atoms with E-state index in [0.717, 1.165) is 11.1 Å². The van der Waals surface area contributed by atoms with E-state index >= 15 is 0 Å². The molecule has 1 fully saturated rings. The first kappa shape index (κ1) is 33.8. The summed E-state index contributed by atoms with van der Waals surface area (Å²) in [7, 11) is -4.21. The summed E-state index contributed by atoms with van der Waals surface area (Å²) in [6.45, 7) is -0.0524. The number of nitrogens with zero attached hydrogens (tertiary/aromatic N) is 2. The highest BCUT2D eigenvalue weighted by Crippen LogP contribution is 2.38. The third-order valence-corrected chi connectivity index (χ3v) is 10.2. The Hall–Kier alpha value is -5.10. The van der Waals surface area contributed by atoms with E-state index in [2.05, 4.69) is 4.72 Å². The molecule has 252 valence electrons. The summed E-state index contributed by atoms with van der Waals surface area (Å²) in [5.41, 5.74) is 2.26. The summed E-state index contributed by atoms with van der Waals surface area (Å²) in [5.74, 6) is -1.16. The molecule has 0 spiro atoms. The van der Waals surface area contributed by atoms with E-state index in [1.807, 2.05) is 72.8 Å². The molecule has 1 heterocycles. The number of sulfonamides is 1. The van der Waals surface area contributed by atoms with Gasteiger partial charge in [-0.25, -0.2) is 13.1 Å². The predicted octanol–water partition coefficient (Wildman–Crippen LogP) is 4.70. The fourth-order valence-electron chi connectivity index (χ4n) is 6.14. The van der Waals surface area contributed by atoms with Gasteiger partial charge >= 0.3 is 0 Å². The van der Waals surface area contributed by atoms with Crippen LogP contribution in [0.3, 0.4) is 0 Å². The van der Waals surface area contributed by atoms with Crippen molar-refractivity contribution in [2.45, 2.75) is 36.9 Å². The molecule has 49 heavy (non-hydrogen) atoms. The predicted molar refractivity (Wildman–Crippen MR) is 184 cm³/mol. The van der Waals surface area contributed by atoms with E-state index in [1.54, 1.807) is 41.3 Å². The molecule has 2 N–H and O–H groups in total. The van der Waals surface area contributed by atoms with Crippen LogP contribution in [0.25, 0.3) is 0 Å². The number of imide groups is 1. The van der Waals surface area contributed by atoms with Crippen LogP contribution < -0.4 is 14.4 Å². The van der Waals surface area contributed by atoms with Gasteiger partial charge in [0.1, 0.15) is 18.5 Å². The number of fused-ring (bicyclic) bond motifs is 1. The van der Waals surface area contributed by atoms with Crippen molar-refractivity contribution in [3.63, 3.8) is 0 Å². The van der Waals surface area contributed by atoms with Gasteiger partial charge in [0.15, 0.2) is 0 Å². The van der Waals surface area contributed by atoms with E-state index in [-0.39, 0.29) is 60.4 Å². The van der Waals surface area contributed by atoms with Gasteiger partial charge in [-0.15, -0.1) is 0 Å². The fourth-order valence-corrected chi connectivity index (χ4v) is 7.41. The maximum atomic E-state index is 13.9. The number of rotatable bonds is 13. The van der Waals surface area contributed by atoms with Crippen LogP contribution >= 0.6 is 0 Å². The number of carbonyl (C=O) groups is 3. The van der Waals surface area contributed by atoms with Gasteiger partial charge in [0.25, 0.3) is 5.91 Å². The average Bonchev–Trinajstić information content (AvgIpc) is 3.39. The van der Waals surface area contributed by atoms with Crippen LogP contribution in [0.15, 0.2) is 126 Å². The molecule has 3 amide bonds. The molecule has 4 aromatic rings. The zero-order valence-corrected chi connectivity index (χ0v) is 27.5. The van der Waals surface area contributed by atoms with E-state index < -0.39 is 22.0 Å².